The molecule has 1 unspecified atom stereocenters. The summed E-state index contributed by atoms with van der Waals surface area (Å²) in [5.41, 5.74) is 5.47. The lowest BCUT2D eigenvalue weighted by Crippen LogP contribution is -2.26. The molecule has 0 radical (unpaired) electrons. The fourth-order valence-corrected chi connectivity index (χ4v) is 2.08. The number of carbonyl (C=O) groups excluding carboxylic acids is 1. The van der Waals surface area contributed by atoms with E-state index in [4.69, 9.17) is 15.2 Å². The third-order valence-corrected chi connectivity index (χ3v) is 2.99. The molecule has 7 heteroatoms. The number of nitrogens with two attached hydrogens (primary N) is 1. The molecule has 1 aromatic heterocycles. The van der Waals surface area contributed by atoms with Crippen molar-refractivity contribution in [3.8, 4) is 5.75 Å². The van der Waals surface area contributed by atoms with Crippen LogP contribution in [0.2, 0.25) is 0 Å². The molecule has 1 aromatic rings. The highest BCUT2D eigenvalue weighted by Crippen LogP contribution is 2.31. The molecule has 2 aliphatic rings. The number of aliphatic imine (C=N–C) groups is 1. The maximum Gasteiger partial charge on any atom is 0.415 e. The molecule has 2 N–H and O–H groups in total. The molecule has 7 nitrogen and oxygen atoms in total. The Balaban J connectivity index is 1.83. The van der Waals surface area contributed by atoms with Gasteiger partial charge in [0.05, 0.1) is 6.54 Å². The van der Waals surface area contributed by atoms with Crippen LogP contribution in [0.15, 0.2) is 17.1 Å². The topological polar surface area (TPSA) is 90.0 Å². The molecule has 1 fully saturated rings. The molecule has 100 valence electrons. The number of cyclic esters (lactones) is 1. The molecule has 2 aliphatic heterocycles. The van der Waals surface area contributed by atoms with Crippen molar-refractivity contribution in [1.82, 2.24) is 4.98 Å². The van der Waals surface area contributed by atoms with Crippen LogP contribution in [0, 0.1) is 0 Å². The van der Waals surface area contributed by atoms with Crippen LogP contribution in [0.3, 0.4) is 0 Å². The van der Waals surface area contributed by atoms with Crippen molar-refractivity contribution < 1.29 is 14.3 Å². The SMILES string of the molecule is NCCC1CN(c2ccc3c(n2)N=CCO3)C(=O)O1. The van der Waals surface area contributed by atoms with E-state index in [0.29, 0.717) is 43.5 Å². The van der Waals surface area contributed by atoms with Crippen LogP contribution in [0.1, 0.15) is 6.42 Å². The summed E-state index contributed by atoms with van der Waals surface area (Å²) < 4.78 is 10.6. The molecule has 0 bridgehead atoms. The highest BCUT2D eigenvalue weighted by Gasteiger charge is 2.33. The van der Waals surface area contributed by atoms with E-state index in [2.05, 4.69) is 9.98 Å². The Morgan fingerprint density at radius 2 is 2.37 bits per heavy atom. The van der Waals surface area contributed by atoms with Crippen molar-refractivity contribution in [3.05, 3.63) is 12.1 Å². The van der Waals surface area contributed by atoms with Gasteiger partial charge in [0.1, 0.15) is 18.5 Å². The Labute approximate surface area is 110 Å². The van der Waals surface area contributed by atoms with Crippen molar-refractivity contribution in [2.75, 3.05) is 24.6 Å². The van der Waals surface area contributed by atoms with Crippen LogP contribution < -0.4 is 15.4 Å². The summed E-state index contributed by atoms with van der Waals surface area (Å²) in [5.74, 6) is 1.63. The second-order valence-electron chi connectivity index (χ2n) is 4.31. The lowest BCUT2D eigenvalue weighted by molar-refractivity contribution is 0.138. The summed E-state index contributed by atoms with van der Waals surface area (Å²) >= 11 is 0. The number of ether oxygens (including phenoxy) is 2. The Kier molecular flexibility index (Phi) is 3.04. The number of nitrogens with zero attached hydrogens (tertiary/aromatic N) is 3. The molecular formula is C12H14N4O3. The van der Waals surface area contributed by atoms with Crippen LogP contribution in [0.5, 0.6) is 5.75 Å². The number of fused-ring (bicyclic) bond motifs is 1. The average Bonchev–Trinajstić information content (AvgIpc) is 2.79. The lowest BCUT2D eigenvalue weighted by atomic mass is 10.2. The molecule has 1 amide bonds. The predicted octanol–water partition coefficient (Wildman–Crippen LogP) is 0.850. The van der Waals surface area contributed by atoms with E-state index in [-0.39, 0.29) is 6.10 Å². The van der Waals surface area contributed by atoms with Crippen molar-refractivity contribution in [1.29, 1.82) is 0 Å². The second-order valence-corrected chi connectivity index (χ2v) is 4.31. The number of anilines is 1. The quantitative estimate of drug-likeness (QED) is 0.872. The van der Waals surface area contributed by atoms with E-state index < -0.39 is 6.09 Å². The van der Waals surface area contributed by atoms with Gasteiger partial charge in [-0.3, -0.25) is 4.90 Å². The average molecular weight is 262 g/mol. The smallest absolute Gasteiger partial charge is 0.415 e. The van der Waals surface area contributed by atoms with Crippen LogP contribution in [-0.4, -0.2) is 43.1 Å². The first kappa shape index (κ1) is 11.9. The fourth-order valence-electron chi connectivity index (χ4n) is 2.08. The van der Waals surface area contributed by atoms with Gasteiger partial charge in [-0.2, -0.15) is 0 Å². The van der Waals surface area contributed by atoms with Crippen LogP contribution in [-0.2, 0) is 4.74 Å². The number of amides is 1. The monoisotopic (exact) mass is 262 g/mol. The Bertz CT molecular complexity index is 532. The van der Waals surface area contributed by atoms with Crippen molar-refractivity contribution in [2.45, 2.75) is 12.5 Å². The number of pyridine rings is 1. The minimum Gasteiger partial charge on any atom is -0.484 e. The highest BCUT2D eigenvalue weighted by atomic mass is 16.6. The lowest BCUT2D eigenvalue weighted by Gasteiger charge is -2.15. The summed E-state index contributed by atoms with van der Waals surface area (Å²) in [6.07, 6.45) is 1.72. The number of hydrogen-bond donors (Lipinski definition) is 1. The van der Waals surface area contributed by atoms with Gasteiger partial charge in [0.2, 0.25) is 0 Å². The minimum atomic E-state index is -0.397. The van der Waals surface area contributed by atoms with Gasteiger partial charge in [0.15, 0.2) is 11.6 Å². The highest BCUT2D eigenvalue weighted by molar-refractivity contribution is 5.89. The summed E-state index contributed by atoms with van der Waals surface area (Å²) in [4.78, 5) is 21.7. The molecule has 1 atom stereocenters. The number of rotatable bonds is 3. The van der Waals surface area contributed by atoms with Gasteiger partial charge in [0, 0.05) is 6.21 Å². The molecule has 0 saturated carbocycles. The van der Waals surface area contributed by atoms with E-state index in [9.17, 15) is 4.79 Å². The van der Waals surface area contributed by atoms with Crippen LogP contribution in [0.4, 0.5) is 16.4 Å². The third-order valence-electron chi connectivity index (χ3n) is 2.99. The molecular weight excluding hydrogens is 248 g/mol. The summed E-state index contributed by atoms with van der Waals surface area (Å²) in [7, 11) is 0. The Morgan fingerprint density at radius 3 is 3.21 bits per heavy atom. The number of aromatic nitrogens is 1. The molecule has 3 rings (SSSR count). The molecule has 3 heterocycles. The van der Waals surface area contributed by atoms with Crippen LogP contribution in [0.25, 0.3) is 0 Å². The molecule has 19 heavy (non-hydrogen) atoms. The first-order chi connectivity index (χ1) is 9.28. The number of hydrogen-bond acceptors (Lipinski definition) is 6. The Hall–Kier alpha value is -2.15. The van der Waals surface area contributed by atoms with Crippen LogP contribution >= 0.6 is 0 Å². The van der Waals surface area contributed by atoms with E-state index in [1.165, 1.54) is 4.90 Å². The zero-order chi connectivity index (χ0) is 13.2. The van der Waals surface area contributed by atoms with Gasteiger partial charge < -0.3 is 15.2 Å². The number of carbonyl (C=O) groups is 1. The van der Waals surface area contributed by atoms with Gasteiger partial charge in [0.25, 0.3) is 0 Å². The largest absolute Gasteiger partial charge is 0.484 e. The van der Waals surface area contributed by atoms with Gasteiger partial charge in [-0.1, -0.05) is 0 Å². The maximum absolute atomic E-state index is 11.8. The van der Waals surface area contributed by atoms with Gasteiger partial charge in [-0.25, -0.2) is 14.8 Å². The minimum absolute atomic E-state index is 0.171. The van der Waals surface area contributed by atoms with E-state index in [1.807, 2.05) is 0 Å². The first-order valence-electron chi connectivity index (χ1n) is 6.12. The maximum atomic E-state index is 11.8. The molecule has 0 aliphatic carbocycles. The second kappa shape index (κ2) is 4.85. The summed E-state index contributed by atoms with van der Waals surface area (Å²) in [6.45, 7) is 1.40. The zero-order valence-electron chi connectivity index (χ0n) is 10.3. The Morgan fingerprint density at radius 1 is 1.47 bits per heavy atom. The van der Waals surface area contributed by atoms with E-state index in [0.717, 1.165) is 0 Å². The van der Waals surface area contributed by atoms with Gasteiger partial charge >= 0.3 is 6.09 Å². The standard InChI is InChI=1S/C12H14N4O3/c13-4-3-8-7-16(12(17)19-8)10-2-1-9-11(15-10)14-5-6-18-9/h1-2,5,8H,3-4,6-7,13H2. The summed E-state index contributed by atoms with van der Waals surface area (Å²) in [6, 6.07) is 3.49. The van der Waals surface area contributed by atoms with Gasteiger partial charge in [-0.05, 0) is 25.1 Å². The van der Waals surface area contributed by atoms with Crippen molar-refractivity contribution in [2.24, 2.45) is 10.7 Å². The first-order valence-corrected chi connectivity index (χ1v) is 6.12. The van der Waals surface area contributed by atoms with E-state index >= 15 is 0 Å². The fraction of sp³-hybridized carbons (Fsp3) is 0.417. The third kappa shape index (κ3) is 2.24. The molecule has 0 spiro atoms. The predicted molar refractivity (Wildman–Crippen MR) is 69.2 cm³/mol. The molecule has 0 aromatic carbocycles. The molecule has 1 saturated heterocycles. The normalized spacial score (nSPS) is 21.0. The van der Waals surface area contributed by atoms with Gasteiger partial charge in [-0.15, -0.1) is 0 Å². The van der Waals surface area contributed by atoms with E-state index in [1.54, 1.807) is 18.3 Å². The summed E-state index contributed by atoms with van der Waals surface area (Å²) in [5, 5.41) is 0. The zero-order valence-corrected chi connectivity index (χ0v) is 10.3. The van der Waals surface area contributed by atoms with Crippen molar-refractivity contribution in [3.63, 3.8) is 0 Å². The van der Waals surface area contributed by atoms with Crippen molar-refractivity contribution >= 4 is 23.9 Å².